The molecule has 0 spiro atoms. The highest BCUT2D eigenvalue weighted by atomic mass is 32.2. The van der Waals surface area contributed by atoms with Gasteiger partial charge in [-0.15, -0.1) is 0 Å². The molecule has 0 aliphatic rings. The summed E-state index contributed by atoms with van der Waals surface area (Å²) in [6.07, 6.45) is 4.33. The first-order chi connectivity index (χ1) is 12.2. The number of aliphatic imine (C=N–C) groups is 1. The van der Waals surface area contributed by atoms with Crippen molar-refractivity contribution in [3.63, 3.8) is 0 Å². The van der Waals surface area contributed by atoms with Crippen LogP contribution in [0.25, 0.3) is 0 Å². The molecule has 26 heavy (non-hydrogen) atoms. The highest BCUT2D eigenvalue weighted by molar-refractivity contribution is 7.98. The van der Waals surface area contributed by atoms with Gasteiger partial charge in [-0.05, 0) is 48.0 Å². The summed E-state index contributed by atoms with van der Waals surface area (Å²) in [5.41, 5.74) is 1.14. The zero-order valence-electron chi connectivity index (χ0n) is 16.6. The van der Waals surface area contributed by atoms with E-state index < -0.39 is 9.84 Å². The zero-order chi connectivity index (χ0) is 19.6. The molecule has 0 saturated heterocycles. The second-order valence-corrected chi connectivity index (χ2v) is 10.3. The lowest BCUT2D eigenvalue weighted by atomic mass is 9.87. The third-order valence-electron chi connectivity index (χ3n) is 4.03. The smallest absolute Gasteiger partial charge is 0.191 e. The fourth-order valence-electron chi connectivity index (χ4n) is 2.38. The number of hydrogen-bond acceptors (Lipinski definition) is 4. The van der Waals surface area contributed by atoms with E-state index in [-0.39, 0.29) is 11.2 Å². The van der Waals surface area contributed by atoms with Gasteiger partial charge in [-0.2, -0.15) is 11.8 Å². The van der Waals surface area contributed by atoms with Gasteiger partial charge in [0.25, 0.3) is 0 Å². The van der Waals surface area contributed by atoms with E-state index in [9.17, 15) is 8.42 Å². The molecule has 0 aromatic heterocycles. The van der Waals surface area contributed by atoms with Crippen LogP contribution in [0.4, 0.5) is 0 Å². The van der Waals surface area contributed by atoms with Gasteiger partial charge in [-0.3, -0.25) is 4.99 Å². The Balaban J connectivity index is 2.49. The summed E-state index contributed by atoms with van der Waals surface area (Å²) in [6.45, 7) is 7.50. The van der Waals surface area contributed by atoms with E-state index in [4.69, 9.17) is 0 Å². The lowest BCUT2D eigenvalue weighted by molar-refractivity contribution is 0.586. The SMILES string of the molecule is CN=C(NCCCCSC)NCCS(=O)(=O)c1ccc(C(C)(C)C)cc1. The average Bonchev–Trinajstić information content (AvgIpc) is 2.59. The van der Waals surface area contributed by atoms with Crippen molar-refractivity contribution in [3.8, 4) is 0 Å². The van der Waals surface area contributed by atoms with Gasteiger partial charge in [0.1, 0.15) is 0 Å². The van der Waals surface area contributed by atoms with E-state index in [0.29, 0.717) is 17.4 Å². The second kappa shape index (κ2) is 10.8. The van der Waals surface area contributed by atoms with Gasteiger partial charge in [-0.25, -0.2) is 8.42 Å². The van der Waals surface area contributed by atoms with Crippen molar-refractivity contribution in [2.24, 2.45) is 4.99 Å². The Bertz CT molecular complexity index is 663. The molecule has 0 saturated carbocycles. The molecule has 0 radical (unpaired) electrons. The Morgan fingerprint density at radius 3 is 2.23 bits per heavy atom. The van der Waals surface area contributed by atoms with Crippen molar-refractivity contribution < 1.29 is 8.42 Å². The van der Waals surface area contributed by atoms with Crippen molar-refractivity contribution in [2.75, 3.05) is 37.9 Å². The summed E-state index contributed by atoms with van der Waals surface area (Å²) in [4.78, 5) is 4.50. The Morgan fingerprint density at radius 2 is 1.69 bits per heavy atom. The molecule has 1 rings (SSSR count). The minimum absolute atomic E-state index is 0.0117. The monoisotopic (exact) mass is 399 g/mol. The molecule has 0 amide bonds. The topological polar surface area (TPSA) is 70.6 Å². The molecule has 0 aliphatic heterocycles. The van der Waals surface area contributed by atoms with Gasteiger partial charge < -0.3 is 10.6 Å². The number of sulfone groups is 1. The first-order valence-electron chi connectivity index (χ1n) is 8.97. The summed E-state index contributed by atoms with van der Waals surface area (Å²) in [7, 11) is -1.62. The van der Waals surface area contributed by atoms with Gasteiger partial charge in [0.05, 0.1) is 10.6 Å². The van der Waals surface area contributed by atoms with Crippen LogP contribution in [-0.2, 0) is 15.3 Å². The van der Waals surface area contributed by atoms with Crippen molar-refractivity contribution >= 4 is 27.6 Å². The van der Waals surface area contributed by atoms with E-state index in [1.165, 1.54) is 0 Å². The molecule has 1 aromatic rings. The van der Waals surface area contributed by atoms with E-state index in [2.05, 4.69) is 42.7 Å². The number of guanidine groups is 1. The van der Waals surface area contributed by atoms with E-state index in [1.807, 2.05) is 23.9 Å². The van der Waals surface area contributed by atoms with E-state index >= 15 is 0 Å². The average molecular weight is 400 g/mol. The first-order valence-corrected chi connectivity index (χ1v) is 12.0. The van der Waals surface area contributed by atoms with Crippen LogP contribution in [-0.4, -0.2) is 52.3 Å². The van der Waals surface area contributed by atoms with Gasteiger partial charge in [-0.1, -0.05) is 32.9 Å². The van der Waals surface area contributed by atoms with E-state index in [1.54, 1.807) is 19.2 Å². The maximum absolute atomic E-state index is 12.5. The van der Waals surface area contributed by atoms with Gasteiger partial charge in [0.2, 0.25) is 0 Å². The van der Waals surface area contributed by atoms with Crippen molar-refractivity contribution in [1.82, 2.24) is 10.6 Å². The summed E-state index contributed by atoms with van der Waals surface area (Å²) in [5.74, 6) is 1.84. The number of nitrogens with one attached hydrogen (secondary N) is 2. The van der Waals surface area contributed by atoms with Gasteiger partial charge in [0, 0.05) is 20.1 Å². The number of hydrogen-bond donors (Lipinski definition) is 2. The lowest BCUT2D eigenvalue weighted by Gasteiger charge is -2.19. The second-order valence-electron chi connectivity index (χ2n) is 7.22. The van der Waals surface area contributed by atoms with Crippen LogP contribution in [0.2, 0.25) is 0 Å². The van der Waals surface area contributed by atoms with Crippen LogP contribution in [0.3, 0.4) is 0 Å². The first kappa shape index (κ1) is 22.8. The van der Waals surface area contributed by atoms with E-state index in [0.717, 1.165) is 30.7 Å². The van der Waals surface area contributed by atoms with Crippen LogP contribution >= 0.6 is 11.8 Å². The highest BCUT2D eigenvalue weighted by Gasteiger charge is 2.17. The largest absolute Gasteiger partial charge is 0.356 e. The minimum atomic E-state index is -3.31. The molecule has 148 valence electrons. The van der Waals surface area contributed by atoms with Crippen LogP contribution in [0.15, 0.2) is 34.2 Å². The maximum Gasteiger partial charge on any atom is 0.191 e. The molecule has 0 bridgehead atoms. The predicted molar refractivity (Wildman–Crippen MR) is 114 cm³/mol. The zero-order valence-corrected chi connectivity index (χ0v) is 18.3. The minimum Gasteiger partial charge on any atom is -0.356 e. The van der Waals surface area contributed by atoms with Crippen molar-refractivity contribution in [3.05, 3.63) is 29.8 Å². The summed E-state index contributed by atoms with van der Waals surface area (Å²) in [6, 6.07) is 7.20. The lowest BCUT2D eigenvalue weighted by Crippen LogP contribution is -2.40. The number of rotatable bonds is 9. The van der Waals surface area contributed by atoms with Crippen LogP contribution in [0.5, 0.6) is 0 Å². The summed E-state index contributed by atoms with van der Waals surface area (Å²) >= 11 is 1.84. The molecule has 0 aliphatic carbocycles. The Morgan fingerprint density at radius 1 is 1.08 bits per heavy atom. The number of thioether (sulfide) groups is 1. The van der Waals surface area contributed by atoms with Crippen LogP contribution in [0.1, 0.15) is 39.2 Å². The quantitative estimate of drug-likeness (QED) is 0.379. The normalized spacial score (nSPS) is 12.9. The molecule has 0 heterocycles. The summed E-state index contributed by atoms with van der Waals surface area (Å²) < 4.78 is 25.0. The summed E-state index contributed by atoms with van der Waals surface area (Å²) in [5, 5.41) is 6.29. The number of benzene rings is 1. The molecule has 5 nitrogen and oxygen atoms in total. The molecular formula is C19H33N3O2S2. The predicted octanol–water partition coefficient (Wildman–Crippen LogP) is 3.07. The third-order valence-corrected chi connectivity index (χ3v) is 6.46. The highest BCUT2D eigenvalue weighted by Crippen LogP contribution is 2.23. The van der Waals surface area contributed by atoms with Gasteiger partial charge in [0.15, 0.2) is 15.8 Å². The fourth-order valence-corrected chi connectivity index (χ4v) is 4.03. The van der Waals surface area contributed by atoms with Crippen LogP contribution < -0.4 is 10.6 Å². The fraction of sp³-hybridized carbons (Fsp3) is 0.632. The van der Waals surface area contributed by atoms with Crippen LogP contribution in [0, 0.1) is 0 Å². The maximum atomic E-state index is 12.5. The van der Waals surface area contributed by atoms with Crippen molar-refractivity contribution in [2.45, 2.75) is 43.9 Å². The van der Waals surface area contributed by atoms with Crippen molar-refractivity contribution in [1.29, 1.82) is 0 Å². The molecule has 0 fully saturated rings. The Hall–Kier alpha value is -1.21. The molecule has 7 heteroatoms. The molecular weight excluding hydrogens is 366 g/mol. The number of nitrogens with zero attached hydrogens (tertiary/aromatic N) is 1. The molecule has 0 atom stereocenters. The third kappa shape index (κ3) is 7.99. The molecule has 2 N–H and O–H groups in total. The number of unbranched alkanes of at least 4 members (excludes halogenated alkanes) is 1. The Kier molecular flexibility index (Phi) is 9.50. The standard InChI is InChI=1S/C19H33N3O2S2/c1-19(2,3)16-8-10-17(11-9-16)26(23,24)15-13-22-18(20-4)21-12-6-7-14-25-5/h8-11H,6-7,12-15H2,1-5H3,(H2,20,21,22). The molecule has 0 unspecified atom stereocenters. The molecule has 1 aromatic carbocycles. The van der Waals surface area contributed by atoms with Gasteiger partial charge >= 0.3 is 0 Å². The Labute approximate surface area is 163 Å².